The Morgan fingerprint density at radius 2 is 1.76 bits per heavy atom. The minimum absolute atomic E-state index is 0.00133. The number of hydrogen-bond donors (Lipinski definition) is 3. The molecule has 1 heterocycles. The highest BCUT2D eigenvalue weighted by molar-refractivity contribution is 6.31. The van der Waals surface area contributed by atoms with Crippen LogP contribution < -0.4 is 4.74 Å². The first-order chi connectivity index (χ1) is 17.9. The number of aromatic hydroxyl groups is 2. The van der Waals surface area contributed by atoms with Gasteiger partial charge in [0.05, 0.1) is 36.0 Å². The molecule has 0 aromatic heterocycles. The summed E-state index contributed by atoms with van der Waals surface area (Å²) in [5, 5.41) is 34.4. The average Bonchev–Trinajstić information content (AvgIpc) is 2.87. The fourth-order valence-electron chi connectivity index (χ4n) is 6.63. The van der Waals surface area contributed by atoms with Gasteiger partial charge in [-0.25, -0.2) is 0 Å². The third kappa shape index (κ3) is 3.84. The molecular formula is C30H34O8. The van der Waals surface area contributed by atoms with Crippen molar-refractivity contribution < 1.29 is 39.2 Å². The Hall–Kier alpha value is -3.23. The number of ether oxygens (including phenoxy) is 2. The van der Waals surface area contributed by atoms with Crippen molar-refractivity contribution in [2.24, 2.45) is 11.8 Å². The van der Waals surface area contributed by atoms with Crippen molar-refractivity contribution in [2.45, 2.75) is 77.1 Å². The van der Waals surface area contributed by atoms with Crippen molar-refractivity contribution in [3.63, 3.8) is 0 Å². The van der Waals surface area contributed by atoms with Crippen LogP contribution in [0.3, 0.4) is 0 Å². The van der Waals surface area contributed by atoms with E-state index in [1.165, 1.54) is 20.1 Å². The fraction of sp³-hybridized carbons (Fsp3) is 0.500. The van der Waals surface area contributed by atoms with Gasteiger partial charge in [-0.2, -0.15) is 0 Å². The summed E-state index contributed by atoms with van der Waals surface area (Å²) in [7, 11) is 1.39. The molecule has 0 amide bonds. The Morgan fingerprint density at radius 1 is 1.08 bits per heavy atom. The lowest BCUT2D eigenvalue weighted by Crippen LogP contribution is -2.45. The second-order valence-electron chi connectivity index (χ2n) is 11.3. The third-order valence-corrected chi connectivity index (χ3v) is 9.11. The van der Waals surface area contributed by atoms with E-state index in [9.17, 15) is 29.7 Å². The predicted molar refractivity (Wildman–Crippen MR) is 138 cm³/mol. The highest BCUT2D eigenvalue weighted by Gasteiger charge is 2.48. The van der Waals surface area contributed by atoms with Crippen LogP contribution in [0.1, 0.15) is 95.8 Å². The van der Waals surface area contributed by atoms with Crippen LogP contribution in [0.4, 0.5) is 0 Å². The molecule has 0 saturated carbocycles. The van der Waals surface area contributed by atoms with E-state index in [-0.39, 0.29) is 64.2 Å². The molecule has 1 saturated heterocycles. The lowest BCUT2D eigenvalue weighted by atomic mass is 9.67. The van der Waals surface area contributed by atoms with Crippen LogP contribution in [-0.2, 0) is 16.0 Å². The zero-order chi connectivity index (χ0) is 27.7. The SMILES string of the molecule is COc1cccc2c1C(=O)c1c(O)c3c(c(O)c1C2=O)C[C@@](O)(C(C)=O)C[C@@H]3C[C@H]1CC(C)[C@H](C)C(C)O1. The number of methoxy groups -OCH3 is 1. The van der Waals surface area contributed by atoms with Gasteiger partial charge in [0.2, 0.25) is 5.78 Å². The topological polar surface area (TPSA) is 130 Å². The minimum Gasteiger partial charge on any atom is -0.507 e. The average molecular weight is 523 g/mol. The maximum Gasteiger partial charge on any atom is 0.202 e. The van der Waals surface area contributed by atoms with Gasteiger partial charge in [0.15, 0.2) is 11.6 Å². The van der Waals surface area contributed by atoms with Gasteiger partial charge in [-0.1, -0.05) is 26.0 Å². The first kappa shape index (κ1) is 26.4. The Morgan fingerprint density at radius 3 is 2.39 bits per heavy atom. The van der Waals surface area contributed by atoms with E-state index in [1.807, 2.05) is 6.92 Å². The number of aliphatic hydroxyl groups is 1. The number of hydrogen-bond acceptors (Lipinski definition) is 8. The van der Waals surface area contributed by atoms with Crippen LogP contribution >= 0.6 is 0 Å². The van der Waals surface area contributed by atoms with Gasteiger partial charge in [-0.05, 0) is 56.9 Å². The number of phenols is 2. The lowest BCUT2D eigenvalue weighted by Gasteiger charge is -2.42. The monoisotopic (exact) mass is 522 g/mol. The van der Waals surface area contributed by atoms with Crippen molar-refractivity contribution in [2.75, 3.05) is 7.11 Å². The normalized spacial score (nSPS) is 30.3. The van der Waals surface area contributed by atoms with E-state index in [0.29, 0.717) is 18.3 Å². The maximum atomic E-state index is 13.7. The number of phenolic OH excluding ortho intramolecular Hbond substituents is 2. The first-order valence-electron chi connectivity index (χ1n) is 13.2. The van der Waals surface area contributed by atoms with Crippen molar-refractivity contribution in [1.29, 1.82) is 0 Å². The predicted octanol–water partition coefficient (Wildman–Crippen LogP) is 4.07. The molecule has 8 heteroatoms. The van der Waals surface area contributed by atoms with Gasteiger partial charge in [-0.15, -0.1) is 0 Å². The Balaban J connectivity index is 1.68. The van der Waals surface area contributed by atoms with Crippen LogP contribution in [-0.4, -0.2) is 57.6 Å². The van der Waals surface area contributed by atoms with E-state index in [1.54, 1.807) is 12.1 Å². The standard InChI is InChI=1S/C30H34O8/c1-13-9-18(38-15(3)14(13)2)10-17-11-30(36,16(4)31)12-20-22(17)28(34)25-24(27(20)33)26(32)19-7-6-8-21(37-5)23(19)29(25)35/h6-8,13-15,17-18,33-34,36H,9-12H2,1-5H3/t13?,14-,15?,17-,18+,30+/m0/s1. The molecule has 5 rings (SSSR count). The summed E-state index contributed by atoms with van der Waals surface area (Å²) in [5.74, 6) is -2.27. The van der Waals surface area contributed by atoms with Crippen molar-refractivity contribution in [3.8, 4) is 17.2 Å². The molecule has 8 nitrogen and oxygen atoms in total. The molecule has 3 N–H and O–H groups in total. The number of ketones is 3. The Bertz CT molecular complexity index is 1350. The molecule has 2 aromatic rings. The Kier molecular flexibility index (Phi) is 6.39. The lowest BCUT2D eigenvalue weighted by molar-refractivity contribution is -0.138. The van der Waals surface area contributed by atoms with Crippen LogP contribution in [0.2, 0.25) is 0 Å². The summed E-state index contributed by atoms with van der Waals surface area (Å²) < 4.78 is 11.6. The smallest absolute Gasteiger partial charge is 0.202 e. The number of carbonyl (C=O) groups is 3. The summed E-state index contributed by atoms with van der Waals surface area (Å²) in [6.07, 6.45) is 0.656. The third-order valence-electron chi connectivity index (χ3n) is 9.11. The van der Waals surface area contributed by atoms with Crippen LogP contribution in [0.25, 0.3) is 0 Å². The maximum absolute atomic E-state index is 13.7. The zero-order valence-corrected chi connectivity index (χ0v) is 22.3. The summed E-state index contributed by atoms with van der Waals surface area (Å²) in [4.78, 5) is 39.9. The molecular weight excluding hydrogens is 488 g/mol. The van der Waals surface area contributed by atoms with Gasteiger partial charge in [0, 0.05) is 23.1 Å². The largest absolute Gasteiger partial charge is 0.507 e. The minimum atomic E-state index is -1.79. The zero-order valence-electron chi connectivity index (χ0n) is 22.3. The van der Waals surface area contributed by atoms with Gasteiger partial charge < -0.3 is 24.8 Å². The van der Waals surface area contributed by atoms with E-state index in [4.69, 9.17) is 9.47 Å². The molecule has 6 atom stereocenters. The van der Waals surface area contributed by atoms with Gasteiger partial charge in [0.25, 0.3) is 0 Å². The molecule has 38 heavy (non-hydrogen) atoms. The second kappa shape index (κ2) is 9.20. The molecule has 2 unspecified atom stereocenters. The van der Waals surface area contributed by atoms with E-state index in [0.717, 1.165) is 6.42 Å². The molecule has 3 aliphatic rings. The van der Waals surface area contributed by atoms with Crippen LogP contribution in [0.5, 0.6) is 17.2 Å². The van der Waals surface area contributed by atoms with E-state index in [2.05, 4.69) is 13.8 Å². The number of carbonyl (C=O) groups excluding carboxylic acids is 3. The Labute approximate surface area is 221 Å². The van der Waals surface area contributed by atoms with Crippen LogP contribution in [0, 0.1) is 11.8 Å². The number of rotatable bonds is 4. The van der Waals surface area contributed by atoms with Gasteiger partial charge >= 0.3 is 0 Å². The summed E-state index contributed by atoms with van der Waals surface area (Å²) >= 11 is 0. The van der Waals surface area contributed by atoms with Crippen molar-refractivity contribution >= 4 is 17.3 Å². The number of Topliss-reactive ketones (excluding diaryl/α,β-unsaturated/α-hetero) is 1. The number of benzene rings is 2. The second-order valence-corrected chi connectivity index (χ2v) is 11.3. The molecule has 0 bridgehead atoms. The van der Waals surface area contributed by atoms with Crippen molar-refractivity contribution in [3.05, 3.63) is 51.6 Å². The van der Waals surface area contributed by atoms with Gasteiger partial charge in [0.1, 0.15) is 22.8 Å². The van der Waals surface area contributed by atoms with Crippen LogP contribution in [0.15, 0.2) is 18.2 Å². The molecule has 2 aromatic carbocycles. The molecule has 1 fully saturated rings. The summed E-state index contributed by atoms with van der Waals surface area (Å²) in [5.41, 5.74) is -1.90. The molecule has 202 valence electrons. The van der Waals surface area contributed by atoms with E-state index >= 15 is 0 Å². The molecule has 2 aliphatic carbocycles. The molecule has 0 radical (unpaired) electrons. The quantitative estimate of drug-likeness (QED) is 0.437. The van der Waals surface area contributed by atoms with E-state index < -0.39 is 40.4 Å². The highest BCUT2D eigenvalue weighted by atomic mass is 16.5. The highest BCUT2D eigenvalue weighted by Crippen LogP contribution is 2.53. The van der Waals surface area contributed by atoms with Crippen molar-refractivity contribution in [1.82, 2.24) is 0 Å². The molecule has 0 spiro atoms. The first-order valence-corrected chi connectivity index (χ1v) is 13.2. The summed E-state index contributed by atoms with van der Waals surface area (Å²) in [6, 6.07) is 4.60. The fourth-order valence-corrected chi connectivity index (χ4v) is 6.63. The summed E-state index contributed by atoms with van der Waals surface area (Å²) in [6.45, 7) is 7.60. The molecule has 1 aliphatic heterocycles. The van der Waals surface area contributed by atoms with Gasteiger partial charge in [-0.3, -0.25) is 14.4 Å². The number of fused-ring (bicyclic) bond motifs is 3.